The molecule has 1 aromatic heterocycles. The summed E-state index contributed by atoms with van der Waals surface area (Å²) in [5.41, 5.74) is -0.944. The van der Waals surface area contributed by atoms with Gasteiger partial charge < -0.3 is 14.2 Å². The molecular weight excluding hydrogens is 333 g/mol. The molecule has 0 saturated carbocycles. The Bertz CT molecular complexity index is 898. The van der Waals surface area contributed by atoms with Gasteiger partial charge in [0.1, 0.15) is 12.4 Å². The summed E-state index contributed by atoms with van der Waals surface area (Å²) in [6.45, 7) is 7.90. The van der Waals surface area contributed by atoms with Crippen molar-refractivity contribution in [3.05, 3.63) is 34.1 Å². The number of rotatable bonds is 1. The smallest absolute Gasteiger partial charge is 0.417 e. The van der Waals surface area contributed by atoms with E-state index < -0.39 is 17.3 Å². The average molecular weight is 354 g/mol. The number of benzene rings is 1. The molecular formula is C18H21F3N2O2. The molecule has 1 aliphatic rings. The van der Waals surface area contributed by atoms with Gasteiger partial charge in [-0.2, -0.15) is 13.2 Å². The van der Waals surface area contributed by atoms with E-state index in [9.17, 15) is 18.0 Å². The van der Waals surface area contributed by atoms with E-state index in [1.165, 1.54) is 10.6 Å². The number of alkyl halides is 3. The maximum Gasteiger partial charge on any atom is 0.417 e. The Hall–Kier alpha value is -2.18. The molecule has 136 valence electrons. The normalized spacial score (nSPS) is 16.9. The van der Waals surface area contributed by atoms with Crippen molar-refractivity contribution in [1.29, 1.82) is 0 Å². The largest absolute Gasteiger partial charge is 0.489 e. The van der Waals surface area contributed by atoms with Crippen LogP contribution in [-0.2, 0) is 6.18 Å². The third-order valence-corrected chi connectivity index (χ3v) is 4.80. The Morgan fingerprint density at radius 3 is 2.40 bits per heavy atom. The minimum Gasteiger partial charge on any atom is -0.489 e. The van der Waals surface area contributed by atoms with Crippen LogP contribution in [0, 0.1) is 0 Å². The van der Waals surface area contributed by atoms with Gasteiger partial charge in [0.05, 0.1) is 22.3 Å². The van der Waals surface area contributed by atoms with Crippen LogP contribution in [0.25, 0.3) is 10.9 Å². The summed E-state index contributed by atoms with van der Waals surface area (Å²) in [7, 11) is 1.87. The van der Waals surface area contributed by atoms with Gasteiger partial charge in [-0.3, -0.25) is 4.79 Å². The number of nitrogens with zero attached hydrogens (tertiary/aromatic N) is 2. The van der Waals surface area contributed by atoms with Gasteiger partial charge in [0.15, 0.2) is 0 Å². The van der Waals surface area contributed by atoms with Gasteiger partial charge in [0.25, 0.3) is 5.56 Å². The van der Waals surface area contributed by atoms with Crippen molar-refractivity contribution in [2.24, 2.45) is 0 Å². The Kier molecular flexibility index (Phi) is 3.82. The zero-order valence-electron chi connectivity index (χ0n) is 14.9. The van der Waals surface area contributed by atoms with E-state index in [2.05, 4.69) is 0 Å². The molecule has 4 nitrogen and oxygen atoms in total. The predicted molar refractivity (Wildman–Crippen MR) is 91.6 cm³/mol. The van der Waals surface area contributed by atoms with Crippen LogP contribution in [-0.4, -0.2) is 23.8 Å². The second-order valence-corrected chi connectivity index (χ2v) is 7.35. The predicted octanol–water partition coefficient (Wildman–Crippen LogP) is 4.21. The maximum absolute atomic E-state index is 13.5. The van der Waals surface area contributed by atoms with Gasteiger partial charge in [0, 0.05) is 24.5 Å². The lowest BCUT2D eigenvalue weighted by Gasteiger charge is -2.42. The fourth-order valence-corrected chi connectivity index (χ4v) is 3.18. The quantitative estimate of drug-likeness (QED) is 0.769. The zero-order valence-corrected chi connectivity index (χ0v) is 14.9. The highest BCUT2D eigenvalue weighted by molar-refractivity contribution is 5.90. The molecule has 1 aliphatic heterocycles. The van der Waals surface area contributed by atoms with E-state index in [4.69, 9.17) is 4.74 Å². The third kappa shape index (κ3) is 2.75. The van der Waals surface area contributed by atoms with Crippen molar-refractivity contribution in [1.82, 2.24) is 4.57 Å². The van der Waals surface area contributed by atoms with Crippen LogP contribution in [0.3, 0.4) is 0 Å². The molecule has 7 heteroatoms. The molecule has 0 fully saturated rings. The molecule has 0 unspecified atom stereocenters. The number of pyridine rings is 1. The molecule has 0 spiro atoms. The number of aromatic nitrogens is 1. The van der Waals surface area contributed by atoms with Crippen LogP contribution < -0.4 is 15.2 Å². The van der Waals surface area contributed by atoms with Gasteiger partial charge in [-0.15, -0.1) is 0 Å². The van der Waals surface area contributed by atoms with E-state index in [0.29, 0.717) is 24.1 Å². The lowest BCUT2D eigenvalue weighted by Crippen LogP contribution is -2.49. The maximum atomic E-state index is 13.5. The van der Waals surface area contributed by atoms with Gasteiger partial charge in [0.2, 0.25) is 0 Å². The van der Waals surface area contributed by atoms with Crippen LogP contribution in [0.4, 0.5) is 18.9 Å². The number of ether oxygens (including phenoxy) is 1. The zero-order chi connectivity index (χ0) is 18.7. The summed E-state index contributed by atoms with van der Waals surface area (Å²) in [4.78, 5) is 14.3. The first-order valence-electron chi connectivity index (χ1n) is 8.10. The average Bonchev–Trinajstić information content (AvgIpc) is 2.48. The molecule has 3 rings (SSSR count). The highest BCUT2D eigenvalue weighted by Gasteiger charge is 2.37. The second kappa shape index (κ2) is 5.41. The van der Waals surface area contributed by atoms with Crippen LogP contribution in [0.15, 0.2) is 23.0 Å². The lowest BCUT2D eigenvalue weighted by atomic mass is 9.99. The number of fused-ring (bicyclic) bond motifs is 2. The number of hydrogen-bond donors (Lipinski definition) is 0. The molecule has 0 atom stereocenters. The van der Waals surface area contributed by atoms with Gasteiger partial charge in [-0.25, -0.2) is 0 Å². The number of likely N-dealkylation sites (N-methyl/N-ethyl adjacent to an activating group) is 1. The summed E-state index contributed by atoms with van der Waals surface area (Å²) >= 11 is 0. The Balaban J connectivity index is 2.43. The molecule has 0 bridgehead atoms. The van der Waals surface area contributed by atoms with Crippen LogP contribution in [0.5, 0.6) is 5.75 Å². The highest BCUT2D eigenvalue weighted by Crippen LogP contribution is 2.43. The first-order chi connectivity index (χ1) is 11.4. The van der Waals surface area contributed by atoms with Gasteiger partial charge in [-0.1, -0.05) is 0 Å². The fourth-order valence-electron chi connectivity index (χ4n) is 3.18. The van der Waals surface area contributed by atoms with Crippen molar-refractivity contribution < 1.29 is 17.9 Å². The van der Waals surface area contributed by atoms with Crippen molar-refractivity contribution in [3.63, 3.8) is 0 Å². The van der Waals surface area contributed by atoms with Crippen LogP contribution in [0.1, 0.15) is 39.3 Å². The van der Waals surface area contributed by atoms with E-state index in [-0.39, 0.29) is 22.5 Å². The number of halogens is 3. The summed E-state index contributed by atoms with van der Waals surface area (Å²) in [6.07, 6.45) is -4.61. The SMILES string of the molecule is CC(C)n1c(=O)cc(C(F)(F)F)c2cc3c(cc21)N(C)C(C)(C)CO3. The Morgan fingerprint density at radius 1 is 1.20 bits per heavy atom. The molecule has 2 aromatic rings. The lowest BCUT2D eigenvalue weighted by molar-refractivity contribution is -0.136. The van der Waals surface area contributed by atoms with Crippen molar-refractivity contribution >= 4 is 16.6 Å². The summed E-state index contributed by atoms with van der Waals surface area (Å²) in [5, 5.41) is -0.0207. The number of hydrogen-bond acceptors (Lipinski definition) is 3. The molecule has 2 heterocycles. The van der Waals surface area contributed by atoms with E-state index in [1.54, 1.807) is 19.9 Å². The topological polar surface area (TPSA) is 34.5 Å². The highest BCUT2D eigenvalue weighted by atomic mass is 19.4. The summed E-state index contributed by atoms with van der Waals surface area (Å²) in [6, 6.07) is 3.43. The molecule has 25 heavy (non-hydrogen) atoms. The molecule has 0 aliphatic carbocycles. The van der Waals surface area contributed by atoms with E-state index in [0.717, 1.165) is 0 Å². The van der Waals surface area contributed by atoms with Crippen molar-refractivity contribution in [2.45, 2.75) is 45.5 Å². The molecule has 0 radical (unpaired) electrons. The van der Waals surface area contributed by atoms with Gasteiger partial charge >= 0.3 is 6.18 Å². The van der Waals surface area contributed by atoms with Crippen molar-refractivity contribution in [3.8, 4) is 5.75 Å². The first-order valence-corrected chi connectivity index (χ1v) is 8.10. The van der Waals surface area contributed by atoms with E-state index in [1.807, 2.05) is 25.8 Å². The summed E-state index contributed by atoms with van der Waals surface area (Å²) in [5.74, 6) is 0.397. The second-order valence-electron chi connectivity index (χ2n) is 7.35. The summed E-state index contributed by atoms with van der Waals surface area (Å²) < 4.78 is 47.5. The van der Waals surface area contributed by atoms with Crippen LogP contribution >= 0.6 is 0 Å². The molecule has 0 N–H and O–H groups in total. The standard InChI is InChI=1S/C18H21F3N2O2/c1-10(2)23-13-8-14-15(25-9-17(3,4)22(14)5)6-11(13)12(7-16(23)24)18(19,20)21/h6-8,10H,9H2,1-5H3. The van der Waals surface area contributed by atoms with E-state index >= 15 is 0 Å². The Morgan fingerprint density at radius 2 is 1.84 bits per heavy atom. The minimum atomic E-state index is -4.61. The minimum absolute atomic E-state index is 0.0207. The molecule has 0 amide bonds. The molecule has 0 saturated heterocycles. The first kappa shape index (κ1) is 17.6. The monoisotopic (exact) mass is 354 g/mol. The molecule has 1 aromatic carbocycles. The number of anilines is 1. The third-order valence-electron chi connectivity index (χ3n) is 4.80. The fraction of sp³-hybridized carbons (Fsp3) is 0.500. The van der Waals surface area contributed by atoms with Crippen LogP contribution in [0.2, 0.25) is 0 Å². The van der Waals surface area contributed by atoms with Crippen molar-refractivity contribution in [2.75, 3.05) is 18.6 Å². The Labute approximate surface area is 143 Å². The van der Waals surface area contributed by atoms with Gasteiger partial charge in [-0.05, 0) is 39.8 Å².